The number of nitrogens with one attached hydrogen (secondary N) is 1. The van der Waals surface area contributed by atoms with Gasteiger partial charge in [-0.3, -0.25) is 14.3 Å². The molecule has 160 valence electrons. The first-order chi connectivity index (χ1) is 14.3. The van der Waals surface area contributed by atoms with Gasteiger partial charge in [-0.05, 0) is 24.1 Å². The predicted molar refractivity (Wildman–Crippen MR) is 131 cm³/mol. The van der Waals surface area contributed by atoms with E-state index < -0.39 is 0 Å². The number of halogens is 1. The van der Waals surface area contributed by atoms with Gasteiger partial charge in [-0.1, -0.05) is 43.3 Å². The molecule has 1 saturated heterocycles. The van der Waals surface area contributed by atoms with E-state index in [0.717, 1.165) is 50.0 Å². The maximum Gasteiger partial charge on any atom is 0.194 e. The van der Waals surface area contributed by atoms with Gasteiger partial charge >= 0.3 is 0 Å². The second-order valence-electron chi connectivity index (χ2n) is 7.30. The van der Waals surface area contributed by atoms with Crippen molar-refractivity contribution in [3.05, 3.63) is 66.1 Å². The van der Waals surface area contributed by atoms with Gasteiger partial charge in [0.25, 0.3) is 0 Å². The minimum Gasteiger partial charge on any atom is -0.349 e. The molecule has 3 heterocycles. The van der Waals surface area contributed by atoms with Crippen LogP contribution in [0.1, 0.15) is 30.8 Å². The van der Waals surface area contributed by atoms with Crippen LogP contribution in [0.2, 0.25) is 0 Å². The highest BCUT2D eigenvalue weighted by molar-refractivity contribution is 14.0. The molecular formula is C22H30IN7. The SMILES string of the molecule is CCC(c1ccccc1)N1CCN(C(=NC)NCc2nnc3ccccn23)CC1.I. The molecule has 7 nitrogen and oxygen atoms in total. The predicted octanol–water partition coefficient (Wildman–Crippen LogP) is 3.19. The molecule has 4 rings (SSSR count). The standard InChI is InChI=1S/C22H29N7.HI/c1-3-19(18-9-5-4-6-10-18)27-13-15-28(16-14-27)22(23-2)24-17-21-26-25-20-11-7-8-12-29(20)21;/h4-12,19H,3,13-17H2,1-2H3,(H,23,24);1H. The van der Waals surface area contributed by atoms with Crippen molar-refractivity contribution in [1.82, 2.24) is 29.7 Å². The van der Waals surface area contributed by atoms with Crippen molar-refractivity contribution in [2.45, 2.75) is 25.9 Å². The average Bonchev–Trinajstić information content (AvgIpc) is 3.20. The summed E-state index contributed by atoms with van der Waals surface area (Å²) in [5, 5.41) is 12.0. The Balaban J connectivity index is 0.00000256. The van der Waals surface area contributed by atoms with Crippen molar-refractivity contribution < 1.29 is 0 Å². The number of aliphatic imine (C=N–C) groups is 1. The van der Waals surface area contributed by atoms with Crippen LogP contribution in [0.5, 0.6) is 0 Å². The number of pyridine rings is 1. The molecule has 0 radical (unpaired) electrons. The van der Waals surface area contributed by atoms with Crippen molar-refractivity contribution in [3.8, 4) is 0 Å². The lowest BCUT2D eigenvalue weighted by Crippen LogP contribution is -2.53. The van der Waals surface area contributed by atoms with Crippen LogP contribution in [-0.4, -0.2) is 63.6 Å². The lowest BCUT2D eigenvalue weighted by molar-refractivity contribution is 0.127. The first-order valence-corrected chi connectivity index (χ1v) is 10.3. The van der Waals surface area contributed by atoms with E-state index in [4.69, 9.17) is 0 Å². The van der Waals surface area contributed by atoms with Gasteiger partial charge in [0.1, 0.15) is 0 Å². The van der Waals surface area contributed by atoms with Crippen LogP contribution in [0.3, 0.4) is 0 Å². The van der Waals surface area contributed by atoms with Crippen LogP contribution in [0.15, 0.2) is 59.7 Å². The number of hydrogen-bond acceptors (Lipinski definition) is 4. The molecule has 0 saturated carbocycles. The Bertz CT molecular complexity index is 948. The molecule has 2 aromatic heterocycles. The highest BCUT2D eigenvalue weighted by Crippen LogP contribution is 2.25. The van der Waals surface area contributed by atoms with Gasteiger partial charge < -0.3 is 10.2 Å². The molecule has 8 heteroatoms. The average molecular weight is 519 g/mol. The van der Waals surface area contributed by atoms with E-state index in [1.165, 1.54) is 5.56 Å². The van der Waals surface area contributed by atoms with Crippen molar-refractivity contribution in [3.63, 3.8) is 0 Å². The molecule has 1 aliphatic heterocycles. The van der Waals surface area contributed by atoms with Crippen LogP contribution in [0.25, 0.3) is 5.65 Å². The lowest BCUT2D eigenvalue weighted by Gasteiger charge is -2.40. The third kappa shape index (κ3) is 4.92. The Labute approximate surface area is 195 Å². The molecule has 1 unspecified atom stereocenters. The van der Waals surface area contributed by atoms with Crippen LogP contribution in [-0.2, 0) is 6.54 Å². The summed E-state index contributed by atoms with van der Waals surface area (Å²) in [5.74, 6) is 1.81. The normalized spacial score (nSPS) is 16.3. The molecule has 0 spiro atoms. The molecule has 1 aromatic carbocycles. The summed E-state index contributed by atoms with van der Waals surface area (Å²) in [4.78, 5) is 9.41. The number of aromatic nitrogens is 3. The third-order valence-electron chi connectivity index (χ3n) is 5.63. The zero-order valence-electron chi connectivity index (χ0n) is 17.6. The van der Waals surface area contributed by atoms with E-state index in [1.807, 2.05) is 35.8 Å². The summed E-state index contributed by atoms with van der Waals surface area (Å²) in [6, 6.07) is 17.2. The minimum absolute atomic E-state index is 0. The monoisotopic (exact) mass is 519 g/mol. The Morgan fingerprint density at radius 1 is 1.03 bits per heavy atom. The van der Waals surface area contributed by atoms with Crippen LogP contribution >= 0.6 is 24.0 Å². The number of guanidine groups is 1. The Hall–Kier alpha value is -2.20. The second-order valence-corrected chi connectivity index (χ2v) is 7.30. The highest BCUT2D eigenvalue weighted by atomic mass is 127. The van der Waals surface area contributed by atoms with Gasteiger partial charge in [0, 0.05) is 45.5 Å². The third-order valence-corrected chi connectivity index (χ3v) is 5.63. The smallest absolute Gasteiger partial charge is 0.194 e. The van der Waals surface area contributed by atoms with E-state index in [2.05, 4.69) is 67.6 Å². The van der Waals surface area contributed by atoms with Crippen LogP contribution in [0, 0.1) is 0 Å². The summed E-state index contributed by atoms with van der Waals surface area (Å²) >= 11 is 0. The molecule has 3 aromatic rings. The Morgan fingerprint density at radius 3 is 2.47 bits per heavy atom. The van der Waals surface area contributed by atoms with E-state index in [9.17, 15) is 0 Å². The van der Waals surface area contributed by atoms with E-state index >= 15 is 0 Å². The number of benzene rings is 1. The summed E-state index contributed by atoms with van der Waals surface area (Å²) < 4.78 is 2.00. The largest absolute Gasteiger partial charge is 0.349 e. The van der Waals surface area contributed by atoms with Crippen LogP contribution in [0.4, 0.5) is 0 Å². The molecule has 0 amide bonds. The van der Waals surface area contributed by atoms with E-state index in [1.54, 1.807) is 0 Å². The number of nitrogens with zero attached hydrogens (tertiary/aromatic N) is 6. The van der Waals surface area contributed by atoms with Gasteiger partial charge in [-0.2, -0.15) is 0 Å². The van der Waals surface area contributed by atoms with Gasteiger partial charge in [0.2, 0.25) is 0 Å². The summed E-state index contributed by atoms with van der Waals surface area (Å²) in [5.41, 5.74) is 2.27. The quantitative estimate of drug-likeness (QED) is 0.319. The maximum atomic E-state index is 4.49. The molecule has 0 aliphatic carbocycles. The zero-order valence-corrected chi connectivity index (χ0v) is 19.9. The molecule has 1 N–H and O–H groups in total. The molecule has 1 fully saturated rings. The molecule has 30 heavy (non-hydrogen) atoms. The maximum absolute atomic E-state index is 4.49. The number of hydrogen-bond donors (Lipinski definition) is 1. The van der Waals surface area contributed by atoms with Crippen molar-refractivity contribution in [2.24, 2.45) is 4.99 Å². The molecular weight excluding hydrogens is 489 g/mol. The van der Waals surface area contributed by atoms with E-state index in [-0.39, 0.29) is 24.0 Å². The van der Waals surface area contributed by atoms with Gasteiger partial charge in [-0.25, -0.2) is 0 Å². The molecule has 1 aliphatic rings. The van der Waals surface area contributed by atoms with Gasteiger partial charge in [-0.15, -0.1) is 34.2 Å². The Kier molecular flexibility index (Phi) is 8.03. The zero-order chi connectivity index (χ0) is 20.1. The lowest BCUT2D eigenvalue weighted by atomic mass is 10.0. The van der Waals surface area contributed by atoms with Crippen molar-refractivity contribution in [2.75, 3.05) is 33.2 Å². The van der Waals surface area contributed by atoms with Crippen molar-refractivity contribution in [1.29, 1.82) is 0 Å². The first kappa shape index (κ1) is 22.5. The number of piperazine rings is 1. The molecule has 1 atom stereocenters. The fourth-order valence-electron chi connectivity index (χ4n) is 4.13. The molecule has 0 bridgehead atoms. The number of fused-ring (bicyclic) bond motifs is 1. The highest BCUT2D eigenvalue weighted by Gasteiger charge is 2.25. The fourth-order valence-corrected chi connectivity index (χ4v) is 4.13. The van der Waals surface area contributed by atoms with E-state index in [0.29, 0.717) is 12.6 Å². The topological polar surface area (TPSA) is 61.1 Å². The summed E-state index contributed by atoms with van der Waals surface area (Å²) in [7, 11) is 1.84. The van der Waals surface area contributed by atoms with Crippen molar-refractivity contribution >= 4 is 35.6 Å². The summed E-state index contributed by atoms with van der Waals surface area (Å²) in [6.07, 6.45) is 3.11. The summed E-state index contributed by atoms with van der Waals surface area (Å²) in [6.45, 7) is 6.85. The Morgan fingerprint density at radius 2 is 1.77 bits per heavy atom. The minimum atomic E-state index is 0. The first-order valence-electron chi connectivity index (χ1n) is 10.3. The fraction of sp³-hybridized carbons (Fsp3) is 0.409. The second kappa shape index (κ2) is 10.7. The van der Waals surface area contributed by atoms with Gasteiger partial charge in [0.05, 0.1) is 6.54 Å². The van der Waals surface area contributed by atoms with Gasteiger partial charge in [0.15, 0.2) is 17.4 Å². The number of rotatable bonds is 5. The van der Waals surface area contributed by atoms with Crippen LogP contribution < -0.4 is 5.32 Å².